The molecule has 0 aliphatic rings. The van der Waals surface area contributed by atoms with Gasteiger partial charge in [-0.15, -0.1) is 0 Å². The Morgan fingerprint density at radius 3 is 2.82 bits per heavy atom. The molecular formula is C20H25FN4O3. The topological polar surface area (TPSA) is 94.6 Å². The van der Waals surface area contributed by atoms with E-state index in [9.17, 15) is 9.50 Å². The zero-order valence-electron chi connectivity index (χ0n) is 15.8. The number of imidazole rings is 1. The Kier molecular flexibility index (Phi) is 6.94. The van der Waals surface area contributed by atoms with Crippen LogP contribution in [0, 0.1) is 5.82 Å². The lowest BCUT2D eigenvalue weighted by molar-refractivity contribution is 0.139. The third-order valence-corrected chi connectivity index (χ3v) is 4.13. The molecule has 1 aromatic heterocycles. The molecule has 0 radical (unpaired) electrons. The Labute approximate surface area is 162 Å². The van der Waals surface area contributed by atoms with Gasteiger partial charge in [0.15, 0.2) is 0 Å². The van der Waals surface area contributed by atoms with Gasteiger partial charge in [0, 0.05) is 31.8 Å². The van der Waals surface area contributed by atoms with E-state index in [1.807, 2.05) is 23.6 Å². The van der Waals surface area contributed by atoms with E-state index in [-0.39, 0.29) is 12.4 Å². The summed E-state index contributed by atoms with van der Waals surface area (Å²) >= 11 is 0. The fraction of sp³-hybridized carbons (Fsp3) is 0.350. The summed E-state index contributed by atoms with van der Waals surface area (Å²) in [6.45, 7) is 4.47. The summed E-state index contributed by atoms with van der Waals surface area (Å²) in [6, 6.07) is 11.6. The van der Waals surface area contributed by atoms with Gasteiger partial charge in [0.25, 0.3) is 0 Å². The third-order valence-electron chi connectivity index (χ3n) is 4.13. The third kappa shape index (κ3) is 5.26. The van der Waals surface area contributed by atoms with Crippen LogP contribution in [0.15, 0.2) is 42.5 Å². The van der Waals surface area contributed by atoms with Gasteiger partial charge in [-0.1, -0.05) is 6.07 Å². The number of halogens is 1. The number of benzene rings is 2. The summed E-state index contributed by atoms with van der Waals surface area (Å²) in [6.07, 6.45) is -0.924. The van der Waals surface area contributed by atoms with Crippen molar-refractivity contribution in [3.05, 3.63) is 54.1 Å². The highest BCUT2D eigenvalue weighted by Gasteiger charge is 2.12. The second-order valence-electron chi connectivity index (χ2n) is 6.28. The summed E-state index contributed by atoms with van der Waals surface area (Å²) in [5.74, 6) is 1.47. The van der Waals surface area contributed by atoms with E-state index in [2.05, 4.69) is 10.3 Å². The van der Waals surface area contributed by atoms with Gasteiger partial charge in [-0.25, -0.2) is 9.37 Å². The summed E-state index contributed by atoms with van der Waals surface area (Å²) in [5, 5.41) is 12.3. The largest absolute Gasteiger partial charge is 0.457 e. The Bertz CT molecular complexity index is 914. The van der Waals surface area contributed by atoms with Crippen molar-refractivity contribution in [1.29, 1.82) is 0 Å². The van der Waals surface area contributed by atoms with Gasteiger partial charge in [-0.05, 0) is 31.2 Å². The van der Waals surface area contributed by atoms with Crippen molar-refractivity contribution in [2.24, 2.45) is 5.73 Å². The molecule has 0 fully saturated rings. The maximum atomic E-state index is 13.4. The minimum Gasteiger partial charge on any atom is -0.457 e. The van der Waals surface area contributed by atoms with E-state index >= 15 is 0 Å². The molecule has 0 saturated carbocycles. The SMILES string of the molecule is CCOCCn1c(CNCC(N)O)nc2ccc(Oc3cccc(F)c3)cc21. The van der Waals surface area contributed by atoms with E-state index < -0.39 is 6.23 Å². The van der Waals surface area contributed by atoms with Crippen LogP contribution in [0.4, 0.5) is 4.39 Å². The molecule has 0 bridgehead atoms. The smallest absolute Gasteiger partial charge is 0.130 e. The van der Waals surface area contributed by atoms with Crippen molar-refractivity contribution in [2.75, 3.05) is 19.8 Å². The summed E-state index contributed by atoms with van der Waals surface area (Å²) in [4.78, 5) is 4.66. The maximum absolute atomic E-state index is 13.4. The molecule has 1 unspecified atom stereocenters. The molecule has 4 N–H and O–H groups in total. The Morgan fingerprint density at radius 2 is 2.07 bits per heavy atom. The molecule has 1 heterocycles. The minimum atomic E-state index is -0.924. The molecule has 7 nitrogen and oxygen atoms in total. The number of ether oxygens (including phenoxy) is 2. The normalized spacial score (nSPS) is 12.4. The number of aliphatic hydroxyl groups is 1. The zero-order chi connectivity index (χ0) is 19.9. The molecule has 3 rings (SSSR count). The first-order valence-corrected chi connectivity index (χ1v) is 9.21. The first-order valence-electron chi connectivity index (χ1n) is 9.21. The molecule has 28 heavy (non-hydrogen) atoms. The molecule has 0 amide bonds. The van der Waals surface area contributed by atoms with Crippen LogP contribution in [0.3, 0.4) is 0 Å². The highest BCUT2D eigenvalue weighted by molar-refractivity contribution is 5.78. The molecule has 1 atom stereocenters. The Balaban J connectivity index is 1.87. The first kappa shape index (κ1) is 20.2. The van der Waals surface area contributed by atoms with Crippen LogP contribution in [0.1, 0.15) is 12.7 Å². The lowest BCUT2D eigenvalue weighted by Crippen LogP contribution is -2.33. The maximum Gasteiger partial charge on any atom is 0.130 e. The van der Waals surface area contributed by atoms with Crippen molar-refractivity contribution >= 4 is 11.0 Å². The molecule has 0 saturated heterocycles. The Morgan fingerprint density at radius 1 is 1.25 bits per heavy atom. The van der Waals surface area contributed by atoms with Gasteiger partial charge >= 0.3 is 0 Å². The van der Waals surface area contributed by atoms with Crippen LogP contribution in [0.2, 0.25) is 0 Å². The molecule has 3 aromatic rings. The van der Waals surface area contributed by atoms with Crippen LogP contribution in [-0.4, -0.2) is 40.6 Å². The van der Waals surface area contributed by atoms with E-state index in [0.717, 1.165) is 16.9 Å². The molecule has 0 spiro atoms. The number of hydrogen-bond donors (Lipinski definition) is 3. The van der Waals surface area contributed by atoms with Crippen molar-refractivity contribution in [2.45, 2.75) is 26.2 Å². The summed E-state index contributed by atoms with van der Waals surface area (Å²) < 4.78 is 26.7. The van der Waals surface area contributed by atoms with Crippen molar-refractivity contribution in [1.82, 2.24) is 14.9 Å². The van der Waals surface area contributed by atoms with Gasteiger partial charge in [-0.3, -0.25) is 0 Å². The molecule has 150 valence electrons. The second kappa shape index (κ2) is 9.61. The average molecular weight is 388 g/mol. The van der Waals surface area contributed by atoms with Crippen molar-refractivity contribution < 1.29 is 19.0 Å². The van der Waals surface area contributed by atoms with E-state index in [4.69, 9.17) is 15.2 Å². The molecule has 8 heteroatoms. The van der Waals surface area contributed by atoms with Crippen LogP contribution >= 0.6 is 0 Å². The predicted molar refractivity (Wildman–Crippen MR) is 105 cm³/mol. The summed E-state index contributed by atoms with van der Waals surface area (Å²) in [7, 11) is 0. The van der Waals surface area contributed by atoms with Gasteiger partial charge in [0.2, 0.25) is 0 Å². The average Bonchev–Trinajstić information content (AvgIpc) is 2.99. The summed E-state index contributed by atoms with van der Waals surface area (Å²) in [5.41, 5.74) is 7.08. The predicted octanol–water partition coefficient (Wildman–Crippen LogP) is 2.37. The zero-order valence-corrected chi connectivity index (χ0v) is 15.8. The molecule has 2 aromatic carbocycles. The van der Waals surface area contributed by atoms with E-state index in [1.165, 1.54) is 12.1 Å². The number of rotatable bonds is 10. The van der Waals surface area contributed by atoms with E-state index in [1.54, 1.807) is 18.2 Å². The van der Waals surface area contributed by atoms with Gasteiger partial charge in [0.1, 0.15) is 29.4 Å². The lowest BCUT2D eigenvalue weighted by atomic mass is 10.3. The number of hydrogen-bond acceptors (Lipinski definition) is 6. The van der Waals surface area contributed by atoms with Crippen molar-refractivity contribution in [3.63, 3.8) is 0 Å². The molecular weight excluding hydrogens is 363 g/mol. The lowest BCUT2D eigenvalue weighted by Gasteiger charge is -2.11. The number of fused-ring (bicyclic) bond motifs is 1. The number of aliphatic hydroxyl groups excluding tert-OH is 1. The highest BCUT2D eigenvalue weighted by atomic mass is 19.1. The standard InChI is InChI=1S/C20H25FN4O3/c1-2-27-9-8-25-18-11-16(28-15-5-3-4-14(21)10-15)6-7-17(18)24-20(25)13-23-12-19(22)26/h3-7,10-11,19,23,26H,2,8-9,12-13,22H2,1H3. The Hall–Kier alpha value is -2.52. The number of nitrogens with one attached hydrogen (secondary N) is 1. The minimum absolute atomic E-state index is 0.266. The van der Waals surface area contributed by atoms with Gasteiger partial charge in [0.05, 0.1) is 24.2 Å². The van der Waals surface area contributed by atoms with Crippen LogP contribution < -0.4 is 15.8 Å². The number of nitrogens with zero attached hydrogens (tertiary/aromatic N) is 2. The van der Waals surface area contributed by atoms with Crippen molar-refractivity contribution in [3.8, 4) is 11.5 Å². The van der Waals surface area contributed by atoms with E-state index in [0.29, 0.717) is 37.8 Å². The van der Waals surface area contributed by atoms with Crippen LogP contribution in [0.25, 0.3) is 11.0 Å². The number of nitrogens with two attached hydrogens (primary N) is 1. The molecule has 0 aliphatic heterocycles. The quantitative estimate of drug-likeness (QED) is 0.365. The first-order chi connectivity index (χ1) is 13.6. The fourth-order valence-electron chi connectivity index (χ4n) is 2.90. The van der Waals surface area contributed by atoms with Gasteiger partial charge < -0.3 is 30.2 Å². The molecule has 0 aliphatic carbocycles. The number of aromatic nitrogens is 2. The monoisotopic (exact) mass is 388 g/mol. The second-order valence-corrected chi connectivity index (χ2v) is 6.28. The fourth-order valence-corrected chi connectivity index (χ4v) is 2.90. The van der Waals surface area contributed by atoms with Gasteiger partial charge in [-0.2, -0.15) is 0 Å². The van der Waals surface area contributed by atoms with Crippen LogP contribution in [-0.2, 0) is 17.8 Å². The highest BCUT2D eigenvalue weighted by Crippen LogP contribution is 2.27. The van der Waals surface area contributed by atoms with Crippen LogP contribution in [0.5, 0.6) is 11.5 Å².